The molecule has 0 radical (unpaired) electrons. The molecule has 1 atom stereocenters. The van der Waals surface area contributed by atoms with Gasteiger partial charge in [-0.2, -0.15) is 0 Å². The molecule has 0 aliphatic carbocycles. The van der Waals surface area contributed by atoms with Crippen LogP contribution >= 0.6 is 0 Å². The van der Waals surface area contributed by atoms with Crippen molar-refractivity contribution in [3.05, 3.63) is 72.3 Å². The van der Waals surface area contributed by atoms with Crippen molar-refractivity contribution in [1.82, 2.24) is 5.32 Å². The van der Waals surface area contributed by atoms with Gasteiger partial charge in [-0.1, -0.05) is 48.5 Å². The van der Waals surface area contributed by atoms with Gasteiger partial charge in [-0.05, 0) is 42.8 Å². The fourth-order valence-corrected chi connectivity index (χ4v) is 3.57. The summed E-state index contributed by atoms with van der Waals surface area (Å²) in [6.45, 7) is 4.06. The Bertz CT molecular complexity index is 980. The second-order valence-corrected chi connectivity index (χ2v) is 7.52. The SMILES string of the molecule is CC1(C)CC(NC(=O)COc2ccc3ccccc3c2)c2ccccc2O1. The summed E-state index contributed by atoms with van der Waals surface area (Å²) >= 11 is 0. The Morgan fingerprint density at radius 3 is 2.67 bits per heavy atom. The maximum absolute atomic E-state index is 12.5. The largest absolute Gasteiger partial charge is 0.487 e. The van der Waals surface area contributed by atoms with Crippen LogP contribution in [0.15, 0.2) is 66.7 Å². The molecule has 0 saturated heterocycles. The van der Waals surface area contributed by atoms with Gasteiger partial charge in [-0.25, -0.2) is 0 Å². The molecule has 0 aromatic heterocycles. The molecule has 1 amide bonds. The molecule has 27 heavy (non-hydrogen) atoms. The Kier molecular flexibility index (Phi) is 4.48. The highest BCUT2D eigenvalue weighted by atomic mass is 16.5. The summed E-state index contributed by atoms with van der Waals surface area (Å²) < 4.78 is 11.7. The van der Waals surface area contributed by atoms with Gasteiger partial charge in [0.05, 0.1) is 6.04 Å². The number of carbonyl (C=O) groups is 1. The average Bonchev–Trinajstić information content (AvgIpc) is 2.65. The predicted molar refractivity (Wildman–Crippen MR) is 106 cm³/mol. The van der Waals surface area contributed by atoms with Gasteiger partial charge in [0.25, 0.3) is 5.91 Å². The third kappa shape index (κ3) is 3.90. The van der Waals surface area contributed by atoms with E-state index in [1.54, 1.807) is 0 Å². The van der Waals surface area contributed by atoms with E-state index in [0.717, 1.165) is 22.1 Å². The first-order valence-corrected chi connectivity index (χ1v) is 9.19. The van der Waals surface area contributed by atoms with E-state index in [-0.39, 0.29) is 24.2 Å². The van der Waals surface area contributed by atoms with Crippen LogP contribution in [0.4, 0.5) is 0 Å². The minimum absolute atomic E-state index is 0.0156. The number of hydrogen-bond donors (Lipinski definition) is 1. The maximum atomic E-state index is 12.5. The van der Waals surface area contributed by atoms with Crippen molar-refractivity contribution >= 4 is 16.7 Å². The number of rotatable bonds is 4. The van der Waals surface area contributed by atoms with Crippen LogP contribution in [0.3, 0.4) is 0 Å². The van der Waals surface area contributed by atoms with Crippen molar-refractivity contribution < 1.29 is 14.3 Å². The zero-order valence-electron chi connectivity index (χ0n) is 15.6. The topological polar surface area (TPSA) is 47.6 Å². The number of amides is 1. The van der Waals surface area contributed by atoms with Crippen LogP contribution in [0, 0.1) is 0 Å². The van der Waals surface area contributed by atoms with E-state index in [4.69, 9.17) is 9.47 Å². The van der Waals surface area contributed by atoms with Crippen molar-refractivity contribution in [1.29, 1.82) is 0 Å². The molecule has 1 heterocycles. The lowest BCUT2D eigenvalue weighted by Crippen LogP contribution is -2.42. The quantitative estimate of drug-likeness (QED) is 0.737. The molecule has 1 N–H and O–H groups in total. The smallest absolute Gasteiger partial charge is 0.258 e. The maximum Gasteiger partial charge on any atom is 0.258 e. The van der Waals surface area contributed by atoms with E-state index in [1.165, 1.54) is 0 Å². The Morgan fingerprint density at radius 1 is 1.07 bits per heavy atom. The molecular formula is C23H23NO3. The van der Waals surface area contributed by atoms with Crippen molar-refractivity contribution in [3.63, 3.8) is 0 Å². The summed E-state index contributed by atoms with van der Waals surface area (Å²) in [6.07, 6.45) is 0.714. The molecule has 1 aliphatic heterocycles. The van der Waals surface area contributed by atoms with Crippen LogP contribution in [-0.2, 0) is 4.79 Å². The highest BCUT2D eigenvalue weighted by Crippen LogP contribution is 2.39. The lowest BCUT2D eigenvalue weighted by molar-refractivity contribution is -0.124. The average molecular weight is 361 g/mol. The highest BCUT2D eigenvalue weighted by molar-refractivity contribution is 5.84. The molecule has 0 saturated carbocycles. The monoisotopic (exact) mass is 361 g/mol. The molecule has 0 fully saturated rings. The lowest BCUT2D eigenvalue weighted by atomic mass is 9.90. The number of para-hydroxylation sites is 1. The van der Waals surface area contributed by atoms with E-state index in [0.29, 0.717) is 12.2 Å². The summed E-state index contributed by atoms with van der Waals surface area (Å²) in [7, 11) is 0. The molecule has 138 valence electrons. The third-order valence-electron chi connectivity index (χ3n) is 4.80. The molecule has 4 nitrogen and oxygen atoms in total. The number of fused-ring (bicyclic) bond motifs is 2. The number of carbonyl (C=O) groups excluding carboxylic acids is 1. The van der Waals surface area contributed by atoms with Gasteiger partial charge < -0.3 is 14.8 Å². The first-order chi connectivity index (χ1) is 13.0. The van der Waals surface area contributed by atoms with E-state index >= 15 is 0 Å². The molecule has 0 bridgehead atoms. The van der Waals surface area contributed by atoms with E-state index in [2.05, 4.69) is 11.4 Å². The minimum atomic E-state index is -0.328. The van der Waals surface area contributed by atoms with Gasteiger partial charge in [0.1, 0.15) is 17.1 Å². The van der Waals surface area contributed by atoms with Gasteiger partial charge in [0, 0.05) is 12.0 Å². The third-order valence-corrected chi connectivity index (χ3v) is 4.80. The van der Waals surface area contributed by atoms with E-state index < -0.39 is 0 Å². The van der Waals surface area contributed by atoms with Crippen molar-refractivity contribution in [2.45, 2.75) is 31.9 Å². The second kappa shape index (κ2) is 6.95. The summed E-state index contributed by atoms with van der Waals surface area (Å²) in [4.78, 5) is 12.5. The van der Waals surface area contributed by atoms with Crippen LogP contribution in [0.25, 0.3) is 10.8 Å². The zero-order chi connectivity index (χ0) is 18.9. The number of benzene rings is 3. The molecule has 4 rings (SSSR count). The Labute approximate surface area is 159 Å². The summed E-state index contributed by atoms with van der Waals surface area (Å²) in [6, 6.07) is 21.7. The van der Waals surface area contributed by atoms with Crippen LogP contribution in [0.5, 0.6) is 11.5 Å². The lowest BCUT2D eigenvalue weighted by Gasteiger charge is -2.37. The van der Waals surface area contributed by atoms with Gasteiger partial charge in [-0.15, -0.1) is 0 Å². The normalized spacial score (nSPS) is 17.6. The van der Waals surface area contributed by atoms with E-state index in [9.17, 15) is 4.79 Å². The molecule has 1 unspecified atom stereocenters. The molecular weight excluding hydrogens is 338 g/mol. The highest BCUT2D eigenvalue weighted by Gasteiger charge is 2.34. The van der Waals surface area contributed by atoms with E-state index in [1.807, 2.05) is 74.5 Å². The fraction of sp³-hybridized carbons (Fsp3) is 0.261. The number of nitrogens with one attached hydrogen (secondary N) is 1. The molecule has 4 heteroatoms. The van der Waals surface area contributed by atoms with Crippen molar-refractivity contribution in [2.24, 2.45) is 0 Å². The fourth-order valence-electron chi connectivity index (χ4n) is 3.57. The minimum Gasteiger partial charge on any atom is -0.487 e. The summed E-state index contributed by atoms with van der Waals surface area (Å²) in [5.41, 5.74) is 0.682. The van der Waals surface area contributed by atoms with Gasteiger partial charge in [0.2, 0.25) is 0 Å². The van der Waals surface area contributed by atoms with Crippen LogP contribution < -0.4 is 14.8 Å². The van der Waals surface area contributed by atoms with Crippen LogP contribution in [-0.4, -0.2) is 18.1 Å². The predicted octanol–water partition coefficient (Wildman–Crippen LogP) is 4.64. The van der Waals surface area contributed by atoms with Gasteiger partial charge in [-0.3, -0.25) is 4.79 Å². The van der Waals surface area contributed by atoms with Crippen LogP contribution in [0.2, 0.25) is 0 Å². The summed E-state index contributed by atoms with van der Waals surface area (Å²) in [5, 5.41) is 5.34. The first-order valence-electron chi connectivity index (χ1n) is 9.19. The van der Waals surface area contributed by atoms with Gasteiger partial charge in [0.15, 0.2) is 6.61 Å². The van der Waals surface area contributed by atoms with Crippen molar-refractivity contribution in [3.8, 4) is 11.5 Å². The summed E-state index contributed by atoms with van der Waals surface area (Å²) in [5.74, 6) is 1.38. The molecule has 3 aromatic rings. The number of ether oxygens (including phenoxy) is 2. The zero-order valence-corrected chi connectivity index (χ0v) is 15.6. The first kappa shape index (κ1) is 17.4. The molecule has 1 aliphatic rings. The Hall–Kier alpha value is -3.01. The Balaban J connectivity index is 1.43. The Morgan fingerprint density at radius 2 is 1.81 bits per heavy atom. The number of hydrogen-bond acceptors (Lipinski definition) is 3. The standard InChI is InChI=1S/C23H23NO3/c1-23(2)14-20(19-9-5-6-10-21(19)27-23)24-22(25)15-26-18-12-11-16-7-3-4-8-17(16)13-18/h3-13,20H,14-15H2,1-2H3,(H,24,25). The van der Waals surface area contributed by atoms with Crippen LogP contribution in [0.1, 0.15) is 31.9 Å². The van der Waals surface area contributed by atoms with Crippen molar-refractivity contribution in [2.75, 3.05) is 6.61 Å². The second-order valence-electron chi connectivity index (χ2n) is 7.52. The molecule has 0 spiro atoms. The van der Waals surface area contributed by atoms with Gasteiger partial charge >= 0.3 is 0 Å². The molecule has 3 aromatic carbocycles.